The number of hydrogen-bond donors (Lipinski definition) is 0. The van der Waals surface area contributed by atoms with Gasteiger partial charge >= 0.3 is 71.3 Å². The summed E-state index contributed by atoms with van der Waals surface area (Å²) in [5, 5.41) is 0. The molecule has 0 saturated carbocycles. The Balaban J connectivity index is 0. The summed E-state index contributed by atoms with van der Waals surface area (Å²) in [7, 11) is 0. The zero-order valence-corrected chi connectivity index (χ0v) is 9.63. The quantitative estimate of drug-likeness (QED) is 0.398. The first-order valence-electron chi connectivity index (χ1n) is 2.63. The third-order valence-electron chi connectivity index (χ3n) is 0.816. The van der Waals surface area contributed by atoms with Crippen molar-refractivity contribution in [3.05, 3.63) is 25.3 Å². The molecule has 1 nitrogen and oxygen atoms in total. The topological polar surface area (TPSA) is 31.5 Å². The first kappa shape index (κ1) is 11.8. The molecular weight excluding hydrogens is 225 g/mol. The van der Waals surface area contributed by atoms with Crippen LogP contribution in [-0.4, -0.2) is 49.7 Å². The van der Waals surface area contributed by atoms with E-state index in [0.29, 0.717) is 0 Å². The van der Waals surface area contributed by atoms with E-state index in [1.54, 1.807) is 0 Å². The van der Waals surface area contributed by atoms with Crippen molar-refractivity contribution in [3.8, 4) is 0 Å². The van der Waals surface area contributed by atoms with Crippen LogP contribution in [0.1, 0.15) is 0 Å². The van der Waals surface area contributed by atoms with Crippen LogP contribution in [0.2, 0.25) is 1.78 Å². The molecule has 0 unspecified atom stereocenters. The standard InChI is InChI=1S/2C3H5.Ba.H2O/c2*1-3-2;;/h2*3H,1-2H2;;1H2. The molecule has 8 heavy (non-hydrogen) atoms. The summed E-state index contributed by atoms with van der Waals surface area (Å²) in [5.41, 5.74) is 0. The van der Waals surface area contributed by atoms with Crippen molar-refractivity contribution in [3.63, 3.8) is 0 Å². The maximum Gasteiger partial charge on any atom is -0.412 e. The van der Waals surface area contributed by atoms with Crippen LogP contribution in [0.4, 0.5) is 0 Å². The van der Waals surface area contributed by atoms with Crippen LogP contribution in [0.5, 0.6) is 0 Å². The molecule has 0 radical (unpaired) electrons. The fourth-order valence-corrected chi connectivity index (χ4v) is 2.96. The van der Waals surface area contributed by atoms with E-state index in [9.17, 15) is 0 Å². The molecule has 0 aliphatic carbocycles. The van der Waals surface area contributed by atoms with Gasteiger partial charge in [-0.2, -0.15) is 0 Å². The Labute approximate surface area is 75.5 Å². The van der Waals surface area contributed by atoms with Crippen molar-refractivity contribution in [1.29, 1.82) is 0 Å². The summed E-state index contributed by atoms with van der Waals surface area (Å²) in [6.07, 6.45) is 4.07. The minimum Gasteiger partial charge on any atom is -0.412 e. The van der Waals surface area contributed by atoms with Crippen LogP contribution in [0, 0.1) is 0 Å². The first-order chi connectivity index (χ1) is 3.41. The van der Waals surface area contributed by atoms with E-state index >= 15 is 0 Å². The number of rotatable bonds is 4. The first-order valence-corrected chi connectivity index (χ1v) is 8.91. The fourth-order valence-electron chi connectivity index (χ4n) is 0.407. The minimum absolute atomic E-state index is 0. The van der Waals surface area contributed by atoms with Gasteiger partial charge < -0.3 is 5.48 Å². The molecule has 2 N–H and O–H groups in total. The smallest absolute Gasteiger partial charge is 0.412 e. The maximum absolute atomic E-state index is 3.65. The molecule has 0 rings (SSSR count). The van der Waals surface area contributed by atoms with Crippen molar-refractivity contribution in [2.45, 2.75) is 1.78 Å². The molecule has 0 fully saturated rings. The Kier molecular flexibility index (Phi) is 16.0. The maximum atomic E-state index is 3.65. The van der Waals surface area contributed by atoms with Gasteiger partial charge in [-0.3, -0.25) is 0 Å². The normalized spacial score (nSPS) is 6.00. The molecule has 0 aliphatic rings. The second-order valence-corrected chi connectivity index (χ2v) is 7.35. The van der Waals surface area contributed by atoms with Gasteiger partial charge in [0.25, 0.3) is 0 Å². The monoisotopic (exact) mass is 238 g/mol. The molecule has 0 atom stereocenters. The van der Waals surface area contributed by atoms with Gasteiger partial charge in [-0.15, -0.1) is 0 Å². The van der Waals surface area contributed by atoms with Gasteiger partial charge in [0.2, 0.25) is 0 Å². The third-order valence-corrected chi connectivity index (χ3v) is 5.94. The van der Waals surface area contributed by atoms with Crippen molar-refractivity contribution in [2.75, 3.05) is 0 Å². The Bertz CT molecular complexity index is 53.5. The van der Waals surface area contributed by atoms with Crippen molar-refractivity contribution in [2.24, 2.45) is 0 Å². The minimum atomic E-state index is -0.441. The van der Waals surface area contributed by atoms with E-state index in [1.165, 1.54) is 1.78 Å². The summed E-state index contributed by atoms with van der Waals surface area (Å²) in [4.78, 5) is 0. The summed E-state index contributed by atoms with van der Waals surface area (Å²) in [6, 6.07) is 0. The van der Waals surface area contributed by atoms with E-state index in [0.717, 1.165) is 0 Å². The zero-order valence-electron chi connectivity index (χ0n) is 5.19. The van der Waals surface area contributed by atoms with Crippen molar-refractivity contribution in [1.82, 2.24) is 0 Å². The average molecular weight is 237 g/mol. The molecule has 0 saturated heterocycles. The molecule has 2 heteroatoms. The van der Waals surface area contributed by atoms with E-state index in [1.807, 2.05) is 12.2 Å². The van der Waals surface area contributed by atoms with Gasteiger partial charge in [-0.1, -0.05) is 0 Å². The van der Waals surface area contributed by atoms with Gasteiger partial charge in [0.1, 0.15) is 0 Å². The Morgan fingerprint density at radius 3 is 1.75 bits per heavy atom. The second kappa shape index (κ2) is 10.9. The van der Waals surface area contributed by atoms with Crippen LogP contribution in [0.25, 0.3) is 0 Å². The zero-order chi connectivity index (χ0) is 5.54. The molecular formula is C6H12BaO. The molecule has 0 aromatic rings. The SMILES string of the molecule is C=C[CH2][Ba][CH2]C=C.O. The van der Waals surface area contributed by atoms with E-state index in [4.69, 9.17) is 0 Å². The molecule has 0 aliphatic heterocycles. The average Bonchev–Trinajstić information content (AvgIpc) is 1.69. The summed E-state index contributed by atoms with van der Waals surface area (Å²) in [5.74, 6) is 0. The van der Waals surface area contributed by atoms with E-state index in [-0.39, 0.29) is 5.48 Å². The Morgan fingerprint density at radius 2 is 1.50 bits per heavy atom. The molecule has 0 spiro atoms. The molecule has 0 aromatic heterocycles. The predicted octanol–water partition coefficient (Wildman–Crippen LogP) is 1.07. The molecule has 0 heterocycles. The molecule has 44 valence electrons. The van der Waals surface area contributed by atoms with Gasteiger partial charge in [-0.25, -0.2) is 0 Å². The van der Waals surface area contributed by atoms with Crippen LogP contribution in [-0.2, 0) is 0 Å². The summed E-state index contributed by atoms with van der Waals surface area (Å²) >= 11 is -0.441. The molecule has 0 bridgehead atoms. The Morgan fingerprint density at radius 1 is 1.12 bits per heavy atom. The summed E-state index contributed by atoms with van der Waals surface area (Å²) < 4.78 is 2.68. The molecule has 0 amide bonds. The van der Waals surface area contributed by atoms with Crippen molar-refractivity contribution < 1.29 is 5.48 Å². The van der Waals surface area contributed by atoms with Gasteiger partial charge in [0, 0.05) is 0 Å². The van der Waals surface area contributed by atoms with Crippen LogP contribution < -0.4 is 0 Å². The summed E-state index contributed by atoms with van der Waals surface area (Å²) in [6.45, 7) is 7.31. The Hall–Kier alpha value is 1.01. The predicted molar refractivity (Wildman–Crippen MR) is 39.4 cm³/mol. The third kappa shape index (κ3) is 10.1. The van der Waals surface area contributed by atoms with Crippen LogP contribution >= 0.6 is 0 Å². The van der Waals surface area contributed by atoms with Gasteiger partial charge in [0.05, 0.1) is 0 Å². The van der Waals surface area contributed by atoms with Crippen LogP contribution in [0.15, 0.2) is 25.3 Å². The number of hydrogen-bond acceptors (Lipinski definition) is 0. The molecule has 0 aromatic carbocycles. The van der Waals surface area contributed by atoms with Gasteiger partial charge in [-0.05, 0) is 0 Å². The number of allylic oxidation sites excluding steroid dienone is 2. The van der Waals surface area contributed by atoms with E-state index in [2.05, 4.69) is 13.2 Å². The fraction of sp³-hybridized carbons (Fsp3) is 0.333. The largest absolute Gasteiger partial charge is 0.412 e. The second-order valence-electron chi connectivity index (χ2n) is 1.51. The van der Waals surface area contributed by atoms with Gasteiger partial charge in [0.15, 0.2) is 0 Å². The van der Waals surface area contributed by atoms with Crippen LogP contribution in [0.3, 0.4) is 0 Å². The van der Waals surface area contributed by atoms with E-state index < -0.39 is 44.2 Å². The van der Waals surface area contributed by atoms with Crippen molar-refractivity contribution >= 4 is 44.2 Å².